The number of fused-ring (bicyclic) bond motifs is 2. The summed E-state index contributed by atoms with van der Waals surface area (Å²) in [6.45, 7) is 9.05. The molecule has 1 aliphatic heterocycles. The third-order valence-corrected chi connectivity index (χ3v) is 19.9. The van der Waals surface area contributed by atoms with Gasteiger partial charge < -0.3 is 14.0 Å². The monoisotopic (exact) mass is 849 g/mol. The SMILES string of the molecule is CN1c2ccc(C(C)(C)c3cccc(P(=O)(c4ccccc4)c4ccccc4)c3)cc2Sc2cc(C(C)(C)c3cccc(P(=O)(c4ccccc4)c4ccccc4)c3)ccc21. The molecule has 3 nitrogen and oxygen atoms in total. The first kappa shape index (κ1) is 40.8. The minimum atomic E-state index is -3.13. The third kappa shape index (κ3) is 7.15. The summed E-state index contributed by atoms with van der Waals surface area (Å²) in [5, 5.41) is 4.99. The van der Waals surface area contributed by atoms with Gasteiger partial charge in [0.15, 0.2) is 14.3 Å². The molecule has 1 aliphatic rings. The minimum absolute atomic E-state index is 0.379. The van der Waals surface area contributed by atoms with Gasteiger partial charge in [0.1, 0.15) is 0 Å². The van der Waals surface area contributed by atoms with E-state index >= 15 is 9.13 Å². The molecule has 8 aromatic rings. The van der Waals surface area contributed by atoms with Gasteiger partial charge in [0.25, 0.3) is 0 Å². The molecular weight excluding hydrogens is 801 g/mol. The average Bonchev–Trinajstić information content (AvgIpc) is 3.32. The summed E-state index contributed by atoms with van der Waals surface area (Å²) in [4.78, 5) is 4.68. The van der Waals surface area contributed by atoms with Crippen LogP contribution < -0.4 is 36.7 Å². The minimum Gasteiger partial charge on any atom is -0.343 e. The summed E-state index contributed by atoms with van der Waals surface area (Å²) in [7, 11) is -4.12. The smallest absolute Gasteiger partial charge is 0.171 e. The Morgan fingerprint density at radius 2 is 0.656 bits per heavy atom. The Balaban J connectivity index is 1.05. The van der Waals surface area contributed by atoms with Crippen molar-refractivity contribution in [3.8, 4) is 0 Å². The molecule has 1 heterocycles. The van der Waals surface area contributed by atoms with E-state index in [1.54, 1.807) is 0 Å². The van der Waals surface area contributed by atoms with Gasteiger partial charge in [-0.1, -0.05) is 209 Å². The van der Waals surface area contributed by atoms with Crippen LogP contribution in [0.5, 0.6) is 0 Å². The second-order valence-corrected chi connectivity index (χ2v) is 23.6. The van der Waals surface area contributed by atoms with Gasteiger partial charge in [-0.2, -0.15) is 0 Å². The van der Waals surface area contributed by atoms with E-state index in [2.05, 4.69) is 112 Å². The van der Waals surface area contributed by atoms with Crippen molar-refractivity contribution in [1.82, 2.24) is 0 Å². The van der Waals surface area contributed by atoms with E-state index < -0.39 is 14.3 Å². The van der Waals surface area contributed by atoms with Crippen LogP contribution in [-0.4, -0.2) is 7.05 Å². The highest BCUT2D eigenvalue weighted by Gasteiger charge is 2.35. The van der Waals surface area contributed by atoms with Crippen LogP contribution in [0.1, 0.15) is 49.9 Å². The van der Waals surface area contributed by atoms with Crippen molar-refractivity contribution in [1.29, 1.82) is 0 Å². The molecule has 302 valence electrons. The Morgan fingerprint density at radius 1 is 0.361 bits per heavy atom. The molecule has 0 aliphatic carbocycles. The van der Waals surface area contributed by atoms with Crippen molar-refractivity contribution in [2.45, 2.75) is 48.3 Å². The Kier molecular flexibility index (Phi) is 10.7. The van der Waals surface area contributed by atoms with E-state index in [0.29, 0.717) is 0 Å². The lowest BCUT2D eigenvalue weighted by atomic mass is 9.78. The highest BCUT2D eigenvalue weighted by molar-refractivity contribution is 7.99. The first-order valence-electron chi connectivity index (χ1n) is 20.8. The van der Waals surface area contributed by atoms with Crippen molar-refractivity contribution >= 4 is 69.2 Å². The summed E-state index contributed by atoms with van der Waals surface area (Å²) < 4.78 is 30.6. The third-order valence-electron chi connectivity index (χ3n) is 12.6. The second-order valence-electron chi connectivity index (χ2n) is 16.9. The number of benzene rings is 8. The van der Waals surface area contributed by atoms with Crippen LogP contribution in [0.25, 0.3) is 0 Å². The van der Waals surface area contributed by atoms with E-state index in [9.17, 15) is 0 Å². The Hall–Kier alpha value is -5.63. The Labute approximate surface area is 365 Å². The zero-order chi connectivity index (χ0) is 42.4. The van der Waals surface area contributed by atoms with E-state index in [1.165, 1.54) is 32.3 Å². The van der Waals surface area contributed by atoms with E-state index in [-0.39, 0.29) is 10.8 Å². The second kappa shape index (κ2) is 16.0. The fraction of sp³-hybridized carbons (Fsp3) is 0.127. The van der Waals surface area contributed by atoms with Gasteiger partial charge in [-0.3, -0.25) is 0 Å². The zero-order valence-electron chi connectivity index (χ0n) is 35.2. The van der Waals surface area contributed by atoms with Gasteiger partial charge in [-0.25, -0.2) is 0 Å². The predicted molar refractivity (Wildman–Crippen MR) is 261 cm³/mol. The number of rotatable bonds is 10. The molecule has 9 rings (SSSR count). The Morgan fingerprint density at radius 3 is 0.984 bits per heavy atom. The molecule has 0 unspecified atom stereocenters. The largest absolute Gasteiger partial charge is 0.343 e. The topological polar surface area (TPSA) is 37.4 Å². The van der Waals surface area contributed by atoms with Gasteiger partial charge in [0.2, 0.25) is 0 Å². The van der Waals surface area contributed by atoms with Crippen molar-refractivity contribution in [2.75, 3.05) is 11.9 Å². The Bertz CT molecular complexity index is 2680. The molecule has 0 atom stereocenters. The molecule has 0 saturated carbocycles. The molecule has 0 fully saturated rings. The number of anilines is 2. The average molecular weight is 850 g/mol. The highest BCUT2D eigenvalue weighted by Crippen LogP contribution is 2.51. The van der Waals surface area contributed by atoms with E-state index in [1.807, 2.05) is 145 Å². The quantitative estimate of drug-likeness (QED) is 0.129. The maximum atomic E-state index is 15.3. The van der Waals surface area contributed by atoms with Crippen molar-refractivity contribution < 1.29 is 9.13 Å². The van der Waals surface area contributed by atoms with Gasteiger partial charge in [-0.05, 0) is 58.7 Å². The fourth-order valence-electron chi connectivity index (χ4n) is 8.73. The first-order valence-corrected chi connectivity index (χ1v) is 25.0. The molecule has 0 saturated heterocycles. The standard InChI is InChI=1S/C55H49NO2P2S/c1-54(2,40-20-18-30-48(36-40)59(57,44-22-10-6-11-23-44)45-24-12-7-13-25-45)42-32-34-50-52(38-42)61-53-39-43(33-35-51(53)56(50)5)55(3,4)41-21-19-31-49(37-41)60(58,46-26-14-8-15-27-46)47-28-16-9-17-29-47/h6-39H,1-5H3. The molecule has 0 aromatic heterocycles. The van der Waals surface area contributed by atoms with Crippen molar-refractivity contribution in [3.05, 3.63) is 229 Å². The van der Waals surface area contributed by atoms with E-state index in [0.717, 1.165) is 43.0 Å². The summed E-state index contributed by atoms with van der Waals surface area (Å²) in [6.07, 6.45) is 0. The number of nitrogens with zero attached hydrogens (tertiary/aromatic N) is 1. The van der Waals surface area contributed by atoms with Crippen molar-refractivity contribution in [3.63, 3.8) is 0 Å². The number of hydrogen-bond acceptors (Lipinski definition) is 4. The van der Waals surface area contributed by atoms with Crippen LogP contribution in [0.15, 0.2) is 216 Å². The maximum absolute atomic E-state index is 15.3. The van der Waals surface area contributed by atoms with Crippen LogP contribution in [0.4, 0.5) is 11.4 Å². The lowest BCUT2D eigenvalue weighted by molar-refractivity contribution is 0.591. The molecule has 6 heteroatoms. The van der Waals surface area contributed by atoms with Gasteiger partial charge in [-0.15, -0.1) is 0 Å². The molecule has 0 amide bonds. The highest BCUT2D eigenvalue weighted by atomic mass is 32.2. The van der Waals surface area contributed by atoms with Crippen LogP contribution in [-0.2, 0) is 20.0 Å². The molecular formula is C55H49NO2P2S. The molecule has 8 aromatic carbocycles. The van der Waals surface area contributed by atoms with Gasteiger partial charge >= 0.3 is 0 Å². The summed E-state index contributed by atoms with van der Waals surface area (Å²) in [5.74, 6) is 0. The summed E-state index contributed by atoms with van der Waals surface area (Å²) in [5.41, 5.74) is 6.19. The van der Waals surface area contributed by atoms with Crippen LogP contribution in [0.2, 0.25) is 0 Å². The van der Waals surface area contributed by atoms with Gasteiger partial charge in [0.05, 0.1) is 11.4 Å². The first-order chi connectivity index (χ1) is 29.4. The predicted octanol–water partition coefficient (Wildman–Crippen LogP) is 11.8. The lowest BCUT2D eigenvalue weighted by Crippen LogP contribution is -2.27. The molecule has 0 radical (unpaired) electrons. The lowest BCUT2D eigenvalue weighted by Gasteiger charge is -2.34. The molecule has 0 spiro atoms. The van der Waals surface area contributed by atoms with Crippen LogP contribution in [0.3, 0.4) is 0 Å². The molecule has 61 heavy (non-hydrogen) atoms. The van der Waals surface area contributed by atoms with Crippen LogP contribution >= 0.6 is 26.0 Å². The van der Waals surface area contributed by atoms with Crippen molar-refractivity contribution in [2.24, 2.45) is 0 Å². The van der Waals surface area contributed by atoms with E-state index in [4.69, 9.17) is 0 Å². The molecule has 0 bridgehead atoms. The van der Waals surface area contributed by atoms with Gasteiger partial charge in [0, 0.05) is 59.5 Å². The fourth-order valence-corrected chi connectivity index (χ4v) is 15.4. The maximum Gasteiger partial charge on any atom is 0.171 e. The molecule has 0 N–H and O–H groups in total. The normalized spacial score (nSPS) is 13.0. The number of hydrogen-bond donors (Lipinski definition) is 0. The summed E-state index contributed by atoms with van der Waals surface area (Å²) in [6, 6.07) is 70.0. The zero-order valence-corrected chi connectivity index (χ0v) is 37.8. The van der Waals surface area contributed by atoms with Crippen LogP contribution in [0, 0.1) is 0 Å². The summed E-state index contributed by atoms with van der Waals surface area (Å²) >= 11 is 1.81.